The average Bonchev–Trinajstić information content (AvgIpc) is 2.47. The molecule has 0 radical (unpaired) electrons. The van der Waals surface area contributed by atoms with Crippen LogP contribution in [0.15, 0.2) is 30.3 Å². The molecule has 1 amide bonds. The summed E-state index contributed by atoms with van der Waals surface area (Å²) in [6.45, 7) is 4.33. The molecule has 0 bridgehead atoms. The lowest BCUT2D eigenvalue weighted by atomic mass is 9.99. The van der Waals surface area contributed by atoms with Gasteiger partial charge in [0.05, 0.1) is 12.5 Å². The zero-order valence-electron chi connectivity index (χ0n) is 11.8. The standard InChI is InChI=1S/C15H22N2O2.ClH/c1-12(19-14-7-3-2-4-8-14)10-17-15(18)13-6-5-9-16-11-13;/h2-4,7-8,12-13,16H,5-6,9-11H2,1H3,(H,17,18);1H. The van der Waals surface area contributed by atoms with Gasteiger partial charge >= 0.3 is 0 Å². The molecular formula is C15H23ClN2O2. The second kappa shape index (κ2) is 8.82. The molecule has 2 atom stereocenters. The van der Waals surface area contributed by atoms with Gasteiger partial charge in [0, 0.05) is 6.54 Å². The summed E-state index contributed by atoms with van der Waals surface area (Å²) in [6, 6.07) is 9.67. The van der Waals surface area contributed by atoms with Crippen LogP contribution in [-0.4, -0.2) is 31.6 Å². The number of hydrogen-bond acceptors (Lipinski definition) is 3. The summed E-state index contributed by atoms with van der Waals surface area (Å²) >= 11 is 0. The van der Waals surface area contributed by atoms with Crippen LogP contribution in [-0.2, 0) is 4.79 Å². The lowest BCUT2D eigenvalue weighted by molar-refractivity contribution is -0.125. The number of nitrogens with one attached hydrogen (secondary N) is 2. The summed E-state index contributed by atoms with van der Waals surface area (Å²) in [6.07, 6.45) is 2.03. The highest BCUT2D eigenvalue weighted by Gasteiger charge is 2.20. The Bertz CT molecular complexity index is 394. The fraction of sp³-hybridized carbons (Fsp3) is 0.533. The average molecular weight is 299 g/mol. The van der Waals surface area contributed by atoms with Crippen LogP contribution in [0, 0.1) is 5.92 Å². The molecule has 2 unspecified atom stereocenters. The van der Waals surface area contributed by atoms with Gasteiger partial charge in [-0.2, -0.15) is 0 Å². The highest BCUT2D eigenvalue weighted by molar-refractivity contribution is 5.85. The molecule has 2 N–H and O–H groups in total. The maximum atomic E-state index is 11.9. The van der Waals surface area contributed by atoms with Gasteiger partial charge in [0.2, 0.25) is 5.91 Å². The Labute approximate surface area is 126 Å². The second-order valence-corrected chi connectivity index (χ2v) is 5.03. The minimum absolute atomic E-state index is 0. The van der Waals surface area contributed by atoms with Crippen molar-refractivity contribution in [2.45, 2.75) is 25.9 Å². The summed E-state index contributed by atoms with van der Waals surface area (Å²) in [7, 11) is 0. The van der Waals surface area contributed by atoms with Gasteiger partial charge in [0.15, 0.2) is 0 Å². The minimum atomic E-state index is -0.0251. The molecule has 4 nitrogen and oxygen atoms in total. The van der Waals surface area contributed by atoms with Gasteiger partial charge in [-0.3, -0.25) is 4.79 Å². The van der Waals surface area contributed by atoms with E-state index in [-0.39, 0.29) is 30.3 Å². The van der Waals surface area contributed by atoms with Gasteiger partial charge in [-0.1, -0.05) is 18.2 Å². The van der Waals surface area contributed by atoms with Crippen molar-refractivity contribution >= 4 is 18.3 Å². The van der Waals surface area contributed by atoms with Gasteiger partial charge in [-0.05, 0) is 38.4 Å². The third kappa shape index (κ3) is 5.39. The second-order valence-electron chi connectivity index (χ2n) is 5.03. The fourth-order valence-electron chi connectivity index (χ4n) is 2.24. The molecule has 0 spiro atoms. The lowest BCUT2D eigenvalue weighted by Crippen LogP contribution is -2.43. The maximum absolute atomic E-state index is 11.9. The number of halogens is 1. The fourth-order valence-corrected chi connectivity index (χ4v) is 2.24. The van der Waals surface area contributed by atoms with Gasteiger partial charge in [0.25, 0.3) is 0 Å². The normalized spacial score (nSPS) is 19.6. The summed E-state index contributed by atoms with van der Waals surface area (Å²) < 4.78 is 5.72. The molecule has 1 aromatic carbocycles. The van der Waals surface area contributed by atoms with Crippen LogP contribution in [0.2, 0.25) is 0 Å². The first kappa shape index (κ1) is 16.8. The predicted molar refractivity (Wildman–Crippen MR) is 82.4 cm³/mol. The Morgan fingerprint density at radius 1 is 1.45 bits per heavy atom. The van der Waals surface area contributed by atoms with Crippen molar-refractivity contribution in [2.24, 2.45) is 5.92 Å². The van der Waals surface area contributed by atoms with Crippen LogP contribution in [0.25, 0.3) is 0 Å². The van der Waals surface area contributed by atoms with Gasteiger partial charge in [-0.25, -0.2) is 0 Å². The maximum Gasteiger partial charge on any atom is 0.224 e. The largest absolute Gasteiger partial charge is 0.489 e. The number of piperidine rings is 1. The smallest absolute Gasteiger partial charge is 0.224 e. The number of rotatable bonds is 5. The molecule has 0 saturated carbocycles. The van der Waals surface area contributed by atoms with E-state index in [9.17, 15) is 4.79 Å². The minimum Gasteiger partial charge on any atom is -0.489 e. The van der Waals surface area contributed by atoms with E-state index in [0.29, 0.717) is 6.54 Å². The Kier molecular flexibility index (Phi) is 7.41. The van der Waals surface area contributed by atoms with Gasteiger partial charge < -0.3 is 15.4 Å². The molecule has 1 heterocycles. The predicted octanol–water partition coefficient (Wildman–Crippen LogP) is 1.99. The summed E-state index contributed by atoms with van der Waals surface area (Å²) in [5.74, 6) is 1.08. The van der Waals surface area contributed by atoms with Crippen LogP contribution in [0.1, 0.15) is 19.8 Å². The van der Waals surface area contributed by atoms with Crippen molar-refractivity contribution in [3.8, 4) is 5.75 Å². The molecule has 112 valence electrons. The van der Waals surface area contributed by atoms with E-state index in [1.54, 1.807) is 0 Å². The van der Waals surface area contributed by atoms with E-state index in [1.165, 1.54) is 0 Å². The zero-order valence-corrected chi connectivity index (χ0v) is 12.6. The molecule has 1 aliphatic rings. The molecule has 2 rings (SSSR count). The highest BCUT2D eigenvalue weighted by atomic mass is 35.5. The quantitative estimate of drug-likeness (QED) is 0.874. The van der Waals surface area contributed by atoms with Crippen LogP contribution in [0.4, 0.5) is 0 Å². The van der Waals surface area contributed by atoms with Crippen molar-refractivity contribution in [1.29, 1.82) is 0 Å². The highest BCUT2D eigenvalue weighted by Crippen LogP contribution is 2.11. The van der Waals surface area contributed by atoms with Crippen molar-refractivity contribution in [1.82, 2.24) is 10.6 Å². The molecule has 5 heteroatoms. The zero-order chi connectivity index (χ0) is 13.5. The molecule has 1 saturated heterocycles. The van der Waals surface area contributed by atoms with E-state index in [4.69, 9.17) is 4.74 Å². The third-order valence-corrected chi connectivity index (χ3v) is 3.31. The molecule has 20 heavy (non-hydrogen) atoms. The summed E-state index contributed by atoms with van der Waals surface area (Å²) in [5, 5.41) is 6.22. The van der Waals surface area contributed by atoms with E-state index >= 15 is 0 Å². The molecule has 1 fully saturated rings. The Morgan fingerprint density at radius 3 is 2.85 bits per heavy atom. The summed E-state index contributed by atoms with van der Waals surface area (Å²) in [5.41, 5.74) is 0. The van der Waals surface area contributed by atoms with Gasteiger partial charge in [-0.15, -0.1) is 12.4 Å². The van der Waals surface area contributed by atoms with Crippen molar-refractivity contribution in [3.63, 3.8) is 0 Å². The van der Waals surface area contributed by atoms with Crippen molar-refractivity contribution in [2.75, 3.05) is 19.6 Å². The first-order valence-electron chi connectivity index (χ1n) is 6.96. The number of ether oxygens (including phenoxy) is 1. The van der Waals surface area contributed by atoms with E-state index < -0.39 is 0 Å². The van der Waals surface area contributed by atoms with Crippen LogP contribution in [0.3, 0.4) is 0 Å². The third-order valence-electron chi connectivity index (χ3n) is 3.31. The number of para-hydroxylation sites is 1. The molecular weight excluding hydrogens is 276 g/mol. The number of hydrogen-bond donors (Lipinski definition) is 2. The van der Waals surface area contributed by atoms with E-state index in [2.05, 4.69) is 10.6 Å². The van der Waals surface area contributed by atoms with Crippen molar-refractivity contribution in [3.05, 3.63) is 30.3 Å². The Hall–Kier alpha value is -1.26. The topological polar surface area (TPSA) is 50.4 Å². The number of carbonyl (C=O) groups excluding carboxylic acids is 1. The Balaban J connectivity index is 0.00000200. The number of amides is 1. The van der Waals surface area contributed by atoms with E-state index in [0.717, 1.165) is 31.7 Å². The lowest BCUT2D eigenvalue weighted by Gasteiger charge is -2.23. The monoisotopic (exact) mass is 298 g/mol. The number of carbonyl (C=O) groups is 1. The number of benzene rings is 1. The SMILES string of the molecule is CC(CNC(=O)C1CCCNC1)Oc1ccccc1.Cl. The van der Waals surface area contributed by atoms with Gasteiger partial charge in [0.1, 0.15) is 11.9 Å². The first-order chi connectivity index (χ1) is 9.25. The van der Waals surface area contributed by atoms with Crippen LogP contribution in [0.5, 0.6) is 5.75 Å². The summed E-state index contributed by atoms with van der Waals surface area (Å²) in [4.78, 5) is 11.9. The molecule has 0 aliphatic carbocycles. The Morgan fingerprint density at radius 2 is 2.20 bits per heavy atom. The van der Waals surface area contributed by atoms with Crippen LogP contribution < -0.4 is 15.4 Å². The van der Waals surface area contributed by atoms with E-state index in [1.807, 2.05) is 37.3 Å². The first-order valence-corrected chi connectivity index (χ1v) is 6.96. The molecule has 1 aliphatic heterocycles. The van der Waals surface area contributed by atoms with Crippen molar-refractivity contribution < 1.29 is 9.53 Å². The molecule has 0 aromatic heterocycles. The van der Waals surface area contributed by atoms with Crippen LogP contribution >= 0.6 is 12.4 Å². The molecule has 1 aromatic rings.